The maximum Gasteiger partial charge on any atom is 0.256 e. The molecule has 0 fully saturated rings. The summed E-state index contributed by atoms with van der Waals surface area (Å²) in [6.07, 6.45) is 2.67. The number of rotatable bonds is 3. The van der Waals surface area contributed by atoms with Crippen LogP contribution in [0.3, 0.4) is 0 Å². The number of para-hydroxylation sites is 1. The van der Waals surface area contributed by atoms with Crippen molar-refractivity contribution in [3.8, 4) is 11.5 Å². The molecule has 2 atom stereocenters. The van der Waals surface area contributed by atoms with Gasteiger partial charge < -0.3 is 20.5 Å². The van der Waals surface area contributed by atoms with Crippen LogP contribution in [-0.2, 0) is 12.8 Å². The van der Waals surface area contributed by atoms with E-state index < -0.39 is 6.17 Å². The van der Waals surface area contributed by atoms with Crippen molar-refractivity contribution in [3.05, 3.63) is 39.8 Å². The monoisotopic (exact) mass is 358 g/mol. The van der Waals surface area contributed by atoms with Gasteiger partial charge in [0.05, 0.1) is 12.2 Å². The van der Waals surface area contributed by atoms with Gasteiger partial charge in [-0.1, -0.05) is 19.1 Å². The zero-order chi connectivity index (χ0) is 17.6. The van der Waals surface area contributed by atoms with Crippen molar-refractivity contribution in [1.29, 1.82) is 0 Å². The Balaban J connectivity index is 1.69. The van der Waals surface area contributed by atoms with Crippen LogP contribution >= 0.6 is 11.3 Å². The number of hydrogen-bond donors (Lipinski definition) is 3. The van der Waals surface area contributed by atoms with Gasteiger partial charge in [-0.15, -0.1) is 11.3 Å². The molecule has 0 radical (unpaired) electrons. The topological polar surface area (TPSA) is 70.6 Å². The van der Waals surface area contributed by atoms with Gasteiger partial charge in [-0.25, -0.2) is 0 Å². The second-order valence-electron chi connectivity index (χ2n) is 6.73. The van der Waals surface area contributed by atoms with Gasteiger partial charge in [-0.3, -0.25) is 4.79 Å². The minimum atomic E-state index is -0.460. The molecule has 5 nitrogen and oxygen atoms in total. The first-order chi connectivity index (χ1) is 12.1. The number of amides is 1. The highest BCUT2D eigenvalue weighted by Crippen LogP contribution is 2.44. The molecule has 1 aliphatic carbocycles. The van der Waals surface area contributed by atoms with Crippen LogP contribution in [0.5, 0.6) is 11.5 Å². The Bertz CT molecular complexity index is 830. The molecular formula is C19H22N2O3S. The molecule has 2 aliphatic rings. The number of anilines is 1. The van der Waals surface area contributed by atoms with Crippen molar-refractivity contribution in [2.24, 2.45) is 5.92 Å². The second-order valence-corrected chi connectivity index (χ2v) is 7.84. The molecule has 0 saturated heterocycles. The maximum atomic E-state index is 12.7. The van der Waals surface area contributed by atoms with Crippen LogP contribution in [0.25, 0.3) is 0 Å². The third-order valence-electron chi connectivity index (χ3n) is 4.93. The summed E-state index contributed by atoms with van der Waals surface area (Å²) in [6, 6.07) is 5.35. The summed E-state index contributed by atoms with van der Waals surface area (Å²) in [5, 5.41) is 17.8. The van der Waals surface area contributed by atoms with Crippen molar-refractivity contribution in [2.45, 2.75) is 39.3 Å². The van der Waals surface area contributed by atoms with E-state index in [9.17, 15) is 9.90 Å². The summed E-state index contributed by atoms with van der Waals surface area (Å²) >= 11 is 1.68. The first kappa shape index (κ1) is 16.3. The largest absolute Gasteiger partial charge is 0.504 e. The summed E-state index contributed by atoms with van der Waals surface area (Å²) in [5.41, 5.74) is 2.61. The zero-order valence-electron chi connectivity index (χ0n) is 14.4. The van der Waals surface area contributed by atoms with E-state index in [0.717, 1.165) is 29.8 Å². The number of thiophene rings is 1. The molecule has 1 aliphatic heterocycles. The molecule has 1 aromatic carbocycles. The lowest BCUT2D eigenvalue weighted by atomic mass is 9.88. The minimum Gasteiger partial charge on any atom is -0.504 e. The highest BCUT2D eigenvalue weighted by atomic mass is 32.1. The minimum absolute atomic E-state index is 0.0629. The molecule has 4 rings (SSSR count). The van der Waals surface area contributed by atoms with Gasteiger partial charge in [0.25, 0.3) is 5.91 Å². The normalized spacial score (nSPS) is 21.8. The molecule has 2 heterocycles. The van der Waals surface area contributed by atoms with E-state index in [1.54, 1.807) is 23.5 Å². The molecule has 2 aromatic rings. The van der Waals surface area contributed by atoms with E-state index in [-0.39, 0.29) is 11.7 Å². The maximum absolute atomic E-state index is 12.7. The Kier molecular flexibility index (Phi) is 4.07. The Labute approximate surface area is 151 Å². The van der Waals surface area contributed by atoms with Crippen LogP contribution in [0, 0.1) is 5.92 Å². The fraction of sp³-hybridized carbons (Fsp3) is 0.421. The molecule has 0 saturated carbocycles. The van der Waals surface area contributed by atoms with E-state index in [2.05, 4.69) is 17.6 Å². The number of ether oxygens (including phenoxy) is 1. The number of hydrogen-bond acceptors (Lipinski definition) is 5. The van der Waals surface area contributed by atoms with Crippen LogP contribution in [-0.4, -0.2) is 17.6 Å². The summed E-state index contributed by atoms with van der Waals surface area (Å²) in [7, 11) is 0. The predicted octanol–water partition coefficient (Wildman–Crippen LogP) is 3.83. The molecule has 25 heavy (non-hydrogen) atoms. The average molecular weight is 358 g/mol. The molecule has 0 bridgehead atoms. The standard InChI is InChI=1S/C19H22N2O3S/c1-3-24-13-6-4-5-12(16(13)22)17-20-18(23)15-11-8-7-10(2)9-14(11)25-19(15)21-17/h4-6,10,17,21-22H,3,7-9H2,1-2H3,(H,20,23). The van der Waals surface area contributed by atoms with Crippen molar-refractivity contribution < 1.29 is 14.6 Å². The Morgan fingerprint density at radius 2 is 2.20 bits per heavy atom. The van der Waals surface area contributed by atoms with Crippen LogP contribution in [0.1, 0.15) is 52.8 Å². The fourth-order valence-electron chi connectivity index (χ4n) is 3.66. The lowest BCUT2D eigenvalue weighted by Crippen LogP contribution is -2.38. The number of aromatic hydroxyl groups is 1. The van der Waals surface area contributed by atoms with Gasteiger partial charge in [0.2, 0.25) is 0 Å². The first-order valence-corrected chi connectivity index (χ1v) is 9.56. The van der Waals surface area contributed by atoms with Crippen LogP contribution in [0.2, 0.25) is 0 Å². The first-order valence-electron chi connectivity index (χ1n) is 8.75. The lowest BCUT2D eigenvalue weighted by molar-refractivity contribution is 0.0934. The summed E-state index contributed by atoms with van der Waals surface area (Å²) in [5.74, 6) is 1.10. The van der Waals surface area contributed by atoms with E-state index in [0.29, 0.717) is 23.8 Å². The number of carbonyl (C=O) groups is 1. The van der Waals surface area contributed by atoms with Crippen molar-refractivity contribution in [1.82, 2.24) is 5.32 Å². The van der Waals surface area contributed by atoms with Crippen molar-refractivity contribution in [3.63, 3.8) is 0 Å². The van der Waals surface area contributed by atoms with E-state index in [4.69, 9.17) is 4.74 Å². The smallest absolute Gasteiger partial charge is 0.256 e. The van der Waals surface area contributed by atoms with E-state index in [1.807, 2.05) is 13.0 Å². The molecule has 1 amide bonds. The number of fused-ring (bicyclic) bond motifs is 3. The average Bonchev–Trinajstić information content (AvgIpc) is 2.94. The number of phenolic OH excluding ortho intramolecular Hbond substituents is 1. The Morgan fingerprint density at radius 1 is 1.36 bits per heavy atom. The number of benzene rings is 1. The number of nitrogens with one attached hydrogen (secondary N) is 2. The van der Waals surface area contributed by atoms with Gasteiger partial charge in [-0.2, -0.15) is 0 Å². The third kappa shape index (κ3) is 2.74. The Hall–Kier alpha value is -2.21. The van der Waals surface area contributed by atoms with Gasteiger partial charge in [-0.05, 0) is 43.7 Å². The second kappa shape index (κ2) is 6.26. The highest BCUT2D eigenvalue weighted by molar-refractivity contribution is 7.16. The van der Waals surface area contributed by atoms with Gasteiger partial charge in [0.1, 0.15) is 11.2 Å². The number of phenols is 1. The summed E-state index contributed by atoms with van der Waals surface area (Å²) in [4.78, 5) is 14.1. The molecule has 3 N–H and O–H groups in total. The summed E-state index contributed by atoms with van der Waals surface area (Å²) < 4.78 is 5.45. The lowest BCUT2D eigenvalue weighted by Gasteiger charge is -2.27. The van der Waals surface area contributed by atoms with E-state index >= 15 is 0 Å². The quantitative estimate of drug-likeness (QED) is 0.780. The fourth-order valence-corrected chi connectivity index (χ4v) is 5.10. The molecule has 2 unspecified atom stereocenters. The third-order valence-corrected chi connectivity index (χ3v) is 6.12. The molecule has 1 aromatic heterocycles. The predicted molar refractivity (Wildman–Crippen MR) is 98.6 cm³/mol. The molecule has 0 spiro atoms. The summed E-state index contributed by atoms with van der Waals surface area (Å²) in [6.45, 7) is 4.60. The van der Waals surface area contributed by atoms with Crippen molar-refractivity contribution >= 4 is 22.2 Å². The van der Waals surface area contributed by atoms with Crippen LogP contribution in [0.15, 0.2) is 18.2 Å². The van der Waals surface area contributed by atoms with Gasteiger partial charge in [0, 0.05) is 10.4 Å². The highest BCUT2D eigenvalue weighted by Gasteiger charge is 2.34. The van der Waals surface area contributed by atoms with Gasteiger partial charge >= 0.3 is 0 Å². The molecule has 132 valence electrons. The van der Waals surface area contributed by atoms with Crippen molar-refractivity contribution in [2.75, 3.05) is 11.9 Å². The van der Waals surface area contributed by atoms with E-state index in [1.165, 1.54) is 10.4 Å². The van der Waals surface area contributed by atoms with Crippen LogP contribution < -0.4 is 15.4 Å². The Morgan fingerprint density at radius 3 is 3.00 bits per heavy atom. The van der Waals surface area contributed by atoms with Gasteiger partial charge in [0.15, 0.2) is 11.5 Å². The molecular weight excluding hydrogens is 336 g/mol. The zero-order valence-corrected chi connectivity index (χ0v) is 15.2. The van der Waals surface area contributed by atoms with Crippen LogP contribution in [0.4, 0.5) is 5.00 Å². The SMILES string of the molecule is CCOc1cccc(C2NC(=O)c3c(sc4c3CCC(C)C4)N2)c1O. The number of carbonyl (C=O) groups excluding carboxylic acids is 1. The molecule has 6 heteroatoms.